The van der Waals surface area contributed by atoms with Crippen molar-refractivity contribution in [2.24, 2.45) is 11.8 Å². The van der Waals surface area contributed by atoms with Crippen LogP contribution in [0.4, 0.5) is 0 Å². The molecule has 0 heterocycles. The average Bonchev–Trinajstić information content (AvgIpc) is 2.72. The van der Waals surface area contributed by atoms with Crippen molar-refractivity contribution in [1.82, 2.24) is 0 Å². The lowest BCUT2D eigenvalue weighted by atomic mass is 9.95. The largest absolute Gasteiger partial charge is 0.0654 e. The maximum absolute atomic E-state index is 2.49. The number of rotatable bonds is 25. The highest BCUT2D eigenvalue weighted by Gasteiger charge is 2.02. The van der Waals surface area contributed by atoms with E-state index in [2.05, 4.69) is 27.7 Å². The number of unbranched alkanes of at least 4 members (excludes halogenated alkanes) is 19. The molecule has 30 heavy (non-hydrogen) atoms. The highest BCUT2D eigenvalue weighted by molar-refractivity contribution is 4.56. The van der Waals surface area contributed by atoms with Crippen LogP contribution in [0, 0.1) is 11.8 Å². The van der Waals surface area contributed by atoms with E-state index in [0.717, 1.165) is 11.8 Å². The van der Waals surface area contributed by atoms with Gasteiger partial charge >= 0.3 is 0 Å². The molecule has 0 fully saturated rings. The Kier molecular flexibility index (Phi) is 25.3. The van der Waals surface area contributed by atoms with E-state index in [4.69, 9.17) is 0 Å². The lowest BCUT2D eigenvalue weighted by Crippen LogP contribution is -1.95. The maximum Gasteiger partial charge on any atom is -0.0443 e. The molecule has 182 valence electrons. The summed E-state index contributed by atoms with van der Waals surface area (Å²) in [6.07, 6.45) is 35.3. The van der Waals surface area contributed by atoms with E-state index in [9.17, 15) is 0 Å². The molecule has 0 amide bonds. The minimum Gasteiger partial charge on any atom is -0.0654 e. The van der Waals surface area contributed by atoms with Gasteiger partial charge < -0.3 is 0 Å². The highest BCUT2D eigenvalue weighted by atomic mass is 14.1. The van der Waals surface area contributed by atoms with Crippen LogP contribution >= 0.6 is 0 Å². The van der Waals surface area contributed by atoms with E-state index in [-0.39, 0.29) is 0 Å². The molecular formula is C30H62. The van der Waals surface area contributed by atoms with E-state index in [0.29, 0.717) is 0 Å². The Labute approximate surface area is 193 Å². The molecular weight excluding hydrogens is 360 g/mol. The fraction of sp³-hybridized carbons (Fsp3) is 1.00. The van der Waals surface area contributed by atoms with Crippen molar-refractivity contribution in [3.05, 3.63) is 0 Å². The fourth-order valence-corrected chi connectivity index (χ4v) is 4.76. The quantitative estimate of drug-likeness (QED) is 0.128. The van der Waals surface area contributed by atoms with Crippen molar-refractivity contribution in [1.29, 1.82) is 0 Å². The van der Waals surface area contributed by atoms with Gasteiger partial charge in [0.2, 0.25) is 0 Å². The normalized spacial score (nSPS) is 12.7. The molecule has 0 aliphatic carbocycles. The Hall–Kier alpha value is 0. The van der Waals surface area contributed by atoms with Crippen molar-refractivity contribution >= 4 is 0 Å². The molecule has 0 nitrogen and oxygen atoms in total. The van der Waals surface area contributed by atoms with E-state index in [1.807, 2.05) is 0 Å². The third-order valence-corrected chi connectivity index (χ3v) is 7.03. The Morgan fingerprint density at radius 1 is 0.333 bits per heavy atom. The monoisotopic (exact) mass is 422 g/mol. The van der Waals surface area contributed by atoms with Crippen LogP contribution in [0.15, 0.2) is 0 Å². The first-order valence-corrected chi connectivity index (χ1v) is 14.7. The summed E-state index contributed by atoms with van der Waals surface area (Å²) in [7, 11) is 0. The second-order valence-electron chi connectivity index (χ2n) is 10.9. The zero-order chi connectivity index (χ0) is 22.1. The molecule has 0 bridgehead atoms. The lowest BCUT2D eigenvalue weighted by Gasteiger charge is -2.11. The SMILES string of the molecule is CCCCCCCCCCC(C)CCCCCCCCCCCCCCCC(C)C. The smallest absolute Gasteiger partial charge is 0.0443 e. The van der Waals surface area contributed by atoms with Crippen LogP contribution in [0.25, 0.3) is 0 Å². The third-order valence-electron chi connectivity index (χ3n) is 7.03. The zero-order valence-electron chi connectivity index (χ0n) is 22.1. The molecule has 0 rings (SSSR count). The minimum absolute atomic E-state index is 0.896. The fourth-order valence-electron chi connectivity index (χ4n) is 4.76. The number of hydrogen-bond donors (Lipinski definition) is 0. The Morgan fingerprint density at radius 3 is 0.900 bits per heavy atom. The summed E-state index contributed by atoms with van der Waals surface area (Å²) in [6, 6.07) is 0. The predicted molar refractivity (Wildman–Crippen MR) is 140 cm³/mol. The summed E-state index contributed by atoms with van der Waals surface area (Å²) in [5.74, 6) is 1.86. The molecule has 0 saturated heterocycles. The van der Waals surface area contributed by atoms with Crippen molar-refractivity contribution < 1.29 is 0 Å². The van der Waals surface area contributed by atoms with E-state index < -0.39 is 0 Å². The molecule has 0 N–H and O–H groups in total. The standard InChI is InChI=1S/C30H62/c1-5-6-7-8-9-18-21-24-27-30(4)28-25-22-19-16-14-12-10-11-13-15-17-20-23-26-29(2)3/h29-30H,5-28H2,1-4H3. The zero-order valence-corrected chi connectivity index (χ0v) is 22.1. The maximum atomic E-state index is 2.49. The molecule has 0 heteroatoms. The molecule has 0 aromatic rings. The second-order valence-corrected chi connectivity index (χ2v) is 10.9. The topological polar surface area (TPSA) is 0 Å². The van der Waals surface area contributed by atoms with Gasteiger partial charge in [0, 0.05) is 0 Å². The Balaban J connectivity index is 3.12. The van der Waals surface area contributed by atoms with E-state index in [1.54, 1.807) is 0 Å². The van der Waals surface area contributed by atoms with Gasteiger partial charge in [-0.2, -0.15) is 0 Å². The number of hydrogen-bond acceptors (Lipinski definition) is 0. The Morgan fingerprint density at radius 2 is 0.600 bits per heavy atom. The van der Waals surface area contributed by atoms with Crippen LogP contribution in [0.2, 0.25) is 0 Å². The molecule has 0 spiro atoms. The molecule has 0 radical (unpaired) electrons. The summed E-state index contributed by atoms with van der Waals surface area (Å²) >= 11 is 0. The van der Waals surface area contributed by atoms with Gasteiger partial charge in [-0.25, -0.2) is 0 Å². The van der Waals surface area contributed by atoms with Crippen LogP contribution in [0.5, 0.6) is 0 Å². The van der Waals surface area contributed by atoms with Crippen molar-refractivity contribution in [3.63, 3.8) is 0 Å². The molecule has 0 aromatic carbocycles. The predicted octanol–water partition coefficient (Wildman–Crippen LogP) is 11.7. The third kappa shape index (κ3) is 26.0. The van der Waals surface area contributed by atoms with E-state index >= 15 is 0 Å². The summed E-state index contributed by atoms with van der Waals surface area (Å²) in [6.45, 7) is 9.49. The van der Waals surface area contributed by atoms with Gasteiger partial charge in [-0.15, -0.1) is 0 Å². The second kappa shape index (κ2) is 25.3. The first kappa shape index (κ1) is 30.0. The summed E-state index contributed by atoms with van der Waals surface area (Å²) < 4.78 is 0. The first-order chi connectivity index (χ1) is 14.7. The summed E-state index contributed by atoms with van der Waals surface area (Å²) in [5.41, 5.74) is 0. The van der Waals surface area contributed by atoms with Gasteiger partial charge in [0.15, 0.2) is 0 Å². The van der Waals surface area contributed by atoms with Crippen LogP contribution in [0.3, 0.4) is 0 Å². The summed E-state index contributed by atoms with van der Waals surface area (Å²) in [4.78, 5) is 0. The molecule has 0 saturated carbocycles. The van der Waals surface area contributed by atoms with Crippen molar-refractivity contribution in [3.8, 4) is 0 Å². The minimum atomic E-state index is 0.896. The van der Waals surface area contributed by atoms with E-state index in [1.165, 1.54) is 154 Å². The van der Waals surface area contributed by atoms with Crippen molar-refractivity contribution in [2.75, 3.05) is 0 Å². The van der Waals surface area contributed by atoms with Crippen molar-refractivity contribution in [2.45, 2.75) is 182 Å². The van der Waals surface area contributed by atoms with Crippen LogP contribution in [-0.4, -0.2) is 0 Å². The summed E-state index contributed by atoms with van der Waals surface area (Å²) in [5, 5.41) is 0. The van der Waals surface area contributed by atoms with Gasteiger partial charge in [0.1, 0.15) is 0 Å². The molecule has 0 aromatic heterocycles. The van der Waals surface area contributed by atoms with Gasteiger partial charge in [0.25, 0.3) is 0 Å². The molecule has 0 aliphatic heterocycles. The lowest BCUT2D eigenvalue weighted by molar-refractivity contribution is 0.430. The highest BCUT2D eigenvalue weighted by Crippen LogP contribution is 2.19. The molecule has 0 aliphatic rings. The van der Waals surface area contributed by atoms with Crippen LogP contribution in [-0.2, 0) is 0 Å². The van der Waals surface area contributed by atoms with Gasteiger partial charge in [-0.1, -0.05) is 182 Å². The molecule has 1 unspecified atom stereocenters. The van der Waals surface area contributed by atoms with Crippen LogP contribution in [0.1, 0.15) is 182 Å². The van der Waals surface area contributed by atoms with Gasteiger partial charge in [-0.3, -0.25) is 0 Å². The van der Waals surface area contributed by atoms with Gasteiger partial charge in [0.05, 0.1) is 0 Å². The molecule has 1 atom stereocenters. The van der Waals surface area contributed by atoms with Gasteiger partial charge in [-0.05, 0) is 11.8 Å². The first-order valence-electron chi connectivity index (χ1n) is 14.7. The average molecular weight is 423 g/mol. The van der Waals surface area contributed by atoms with Crippen LogP contribution < -0.4 is 0 Å². The Bertz CT molecular complexity index is 292.